The summed E-state index contributed by atoms with van der Waals surface area (Å²) in [6.07, 6.45) is 4.81. The smallest absolute Gasteiger partial charge is 0.149 e. The molecular weight excluding hydrogens is 1070 g/mol. The van der Waals surface area contributed by atoms with Crippen molar-refractivity contribution >= 4 is 34.0 Å². The highest BCUT2D eigenvalue weighted by atomic mass is 35.6. The van der Waals surface area contributed by atoms with Gasteiger partial charge >= 0.3 is 0 Å². The van der Waals surface area contributed by atoms with E-state index < -0.39 is 7.38 Å². The first-order valence-corrected chi connectivity index (χ1v) is 34.8. The molecule has 446 valence electrons. The van der Waals surface area contributed by atoms with Gasteiger partial charge in [0.2, 0.25) is 7.38 Å². The topological polar surface area (TPSA) is 0 Å². The predicted molar refractivity (Wildman–Crippen MR) is 378 cm³/mol. The van der Waals surface area contributed by atoms with Crippen molar-refractivity contribution in [2.24, 2.45) is 0 Å². The average Bonchev–Trinajstić information content (AvgIpc) is 0.923. The van der Waals surface area contributed by atoms with E-state index in [1.165, 1.54) is 116 Å². The first kappa shape index (κ1) is 64.0. The highest BCUT2D eigenvalue weighted by molar-refractivity contribution is 7.40. The standard InChI is InChI=1S/C84H99ClSi/c1-79(2,3)70-31-19-58(20-32-70)43-64-49-65(44-59-21-33-71(34-22-59)80(4,5)6)53-76(52-64)86(85,77-54-66(45-60-23-35-72(36-24-60)81(7,8)9)50-67(55-77)46-61-25-37-73(38-26-61)82(10,11)12)78-56-68(47-62-27-39-74(40-28-62)83(13,14)15)51-69(57-78)48-63-29-41-75(42-30-63)84(16,17)18/h19-42,49-57H,43-48H2,1-18H3. The SMILES string of the molecule is CC(C)(C)c1ccc(Cc2cc(Cc3ccc(C(C)(C)C)cc3)cc([Si](Cl)(c3cc(Cc4ccc(C(C)(C)C)cc4)cc(Cc4ccc(C(C)(C)C)cc4)c3)c3cc(Cc4ccc(C(C)(C)C)cc4)cc(Cc4ccc(C(C)(C)C)cc4)c3)c2)cc1. The zero-order valence-electron chi connectivity index (χ0n) is 55.7. The molecule has 2 heteroatoms. The van der Waals surface area contributed by atoms with Gasteiger partial charge in [0.05, 0.1) is 0 Å². The van der Waals surface area contributed by atoms with E-state index in [9.17, 15) is 11.1 Å². The summed E-state index contributed by atoms with van der Waals surface area (Å²) in [6, 6.07) is 78.6. The number of hydrogen-bond donors (Lipinski definition) is 0. The van der Waals surface area contributed by atoms with Gasteiger partial charge in [-0.3, -0.25) is 0 Å². The summed E-state index contributed by atoms with van der Waals surface area (Å²) >= 11 is 9.33. The molecule has 9 rings (SSSR count). The van der Waals surface area contributed by atoms with E-state index >= 15 is 0 Å². The van der Waals surface area contributed by atoms with Crippen LogP contribution in [0.1, 0.15) is 225 Å². The summed E-state index contributed by atoms with van der Waals surface area (Å²) in [4.78, 5) is 0. The second-order valence-electron chi connectivity index (χ2n) is 31.5. The number of halogens is 1. The summed E-state index contributed by atoms with van der Waals surface area (Å²) in [5.74, 6) is 0. The van der Waals surface area contributed by atoms with Gasteiger partial charge in [0.1, 0.15) is 0 Å². The lowest BCUT2D eigenvalue weighted by molar-refractivity contribution is 0.589. The molecule has 9 aromatic carbocycles. The molecule has 0 unspecified atom stereocenters. The molecule has 0 fully saturated rings. The second-order valence-corrected chi connectivity index (χ2v) is 36.3. The zero-order valence-corrected chi connectivity index (χ0v) is 57.4. The van der Waals surface area contributed by atoms with E-state index in [0.717, 1.165) is 38.5 Å². The maximum absolute atomic E-state index is 9.33. The molecule has 0 saturated heterocycles. The minimum Gasteiger partial charge on any atom is -0.149 e. The van der Waals surface area contributed by atoms with Crippen molar-refractivity contribution in [2.45, 2.75) is 196 Å². The normalized spacial score (nSPS) is 12.9. The van der Waals surface area contributed by atoms with E-state index in [-0.39, 0.29) is 32.5 Å². The Morgan fingerprint density at radius 3 is 0.442 bits per heavy atom. The van der Waals surface area contributed by atoms with Crippen LogP contribution in [0.5, 0.6) is 0 Å². The first-order valence-electron chi connectivity index (χ1n) is 31.8. The van der Waals surface area contributed by atoms with Crippen molar-refractivity contribution < 1.29 is 0 Å². The molecule has 9 aromatic rings. The van der Waals surface area contributed by atoms with Crippen LogP contribution in [-0.2, 0) is 71.0 Å². The Hall–Kier alpha value is -6.51. The molecule has 0 aliphatic heterocycles. The fourth-order valence-corrected chi connectivity index (χ4v) is 16.4. The lowest BCUT2D eigenvalue weighted by Gasteiger charge is -2.30. The Morgan fingerprint density at radius 1 is 0.198 bits per heavy atom. The third kappa shape index (κ3) is 16.2. The van der Waals surface area contributed by atoms with Gasteiger partial charge in [-0.1, -0.05) is 325 Å². The van der Waals surface area contributed by atoms with E-state index in [1.54, 1.807) is 0 Å². The quantitative estimate of drug-likeness (QED) is 0.0545. The Morgan fingerprint density at radius 2 is 0.326 bits per heavy atom. The van der Waals surface area contributed by atoms with Gasteiger partial charge in [-0.05, 0) is 187 Å². The highest BCUT2D eigenvalue weighted by Crippen LogP contribution is 2.31. The predicted octanol–water partition coefficient (Wildman–Crippen LogP) is 20.2. The summed E-state index contributed by atoms with van der Waals surface area (Å²) in [7, 11) is -3.50. The summed E-state index contributed by atoms with van der Waals surface area (Å²) < 4.78 is 0. The third-order valence-electron chi connectivity index (χ3n) is 17.7. The van der Waals surface area contributed by atoms with Crippen molar-refractivity contribution in [3.05, 3.63) is 300 Å². The van der Waals surface area contributed by atoms with Gasteiger partial charge in [0.15, 0.2) is 0 Å². The van der Waals surface area contributed by atoms with Crippen LogP contribution in [-0.4, -0.2) is 7.38 Å². The van der Waals surface area contributed by atoms with Crippen molar-refractivity contribution in [3.8, 4) is 0 Å². The molecule has 0 aromatic heterocycles. The molecule has 0 spiro atoms. The maximum Gasteiger partial charge on any atom is 0.247 e. The van der Waals surface area contributed by atoms with Gasteiger partial charge in [-0.25, -0.2) is 0 Å². The first-order chi connectivity index (χ1) is 40.1. The molecular formula is C84H99ClSi. The molecule has 0 bridgehead atoms. The van der Waals surface area contributed by atoms with Crippen LogP contribution >= 0.6 is 11.1 Å². The minimum absolute atomic E-state index is 0.0657. The van der Waals surface area contributed by atoms with E-state index in [2.05, 4.69) is 325 Å². The van der Waals surface area contributed by atoms with Crippen LogP contribution < -0.4 is 15.6 Å². The van der Waals surface area contributed by atoms with Crippen LogP contribution in [0.15, 0.2) is 200 Å². The summed E-state index contributed by atoms with van der Waals surface area (Å²) in [5.41, 5.74) is 24.0. The van der Waals surface area contributed by atoms with Gasteiger partial charge in [0, 0.05) is 0 Å². The van der Waals surface area contributed by atoms with E-state index in [4.69, 9.17) is 0 Å². The van der Waals surface area contributed by atoms with Gasteiger partial charge < -0.3 is 0 Å². The number of rotatable bonds is 15. The molecule has 0 aliphatic carbocycles. The van der Waals surface area contributed by atoms with Gasteiger partial charge in [0.25, 0.3) is 0 Å². The van der Waals surface area contributed by atoms with Crippen LogP contribution in [0.2, 0.25) is 0 Å². The van der Waals surface area contributed by atoms with Crippen molar-refractivity contribution in [1.29, 1.82) is 0 Å². The molecule has 0 saturated carbocycles. The molecule has 0 amide bonds. The van der Waals surface area contributed by atoms with Crippen LogP contribution in [0.3, 0.4) is 0 Å². The Labute approximate surface area is 526 Å². The summed E-state index contributed by atoms with van der Waals surface area (Å²) in [6.45, 7) is 41.4. The lowest BCUT2D eigenvalue weighted by atomic mass is 9.86. The zero-order chi connectivity index (χ0) is 62.2. The van der Waals surface area contributed by atoms with Crippen molar-refractivity contribution in [3.63, 3.8) is 0 Å². The Bertz CT molecular complexity index is 3110. The fourth-order valence-electron chi connectivity index (χ4n) is 12.1. The molecule has 0 N–H and O–H groups in total. The molecule has 0 aliphatic rings. The fraction of sp³-hybridized carbons (Fsp3) is 0.357. The van der Waals surface area contributed by atoms with E-state index in [1.807, 2.05) is 0 Å². The van der Waals surface area contributed by atoms with Crippen LogP contribution in [0.4, 0.5) is 0 Å². The lowest BCUT2D eigenvalue weighted by Crippen LogP contribution is -2.63. The highest BCUT2D eigenvalue weighted by Gasteiger charge is 2.40. The third-order valence-corrected chi connectivity index (χ3v) is 22.9. The van der Waals surface area contributed by atoms with E-state index in [0.29, 0.717) is 0 Å². The Kier molecular flexibility index (Phi) is 18.5. The Balaban J connectivity index is 1.30. The molecule has 0 heterocycles. The number of benzene rings is 9. The minimum atomic E-state index is -3.50. The maximum atomic E-state index is 9.33. The average molecular weight is 1170 g/mol. The van der Waals surface area contributed by atoms with Gasteiger partial charge in [-0.15, -0.1) is 11.1 Å². The van der Waals surface area contributed by atoms with Crippen molar-refractivity contribution in [2.75, 3.05) is 0 Å². The molecule has 0 radical (unpaired) electrons. The summed E-state index contributed by atoms with van der Waals surface area (Å²) in [5, 5.41) is 3.68. The van der Waals surface area contributed by atoms with Crippen LogP contribution in [0, 0.1) is 0 Å². The monoisotopic (exact) mass is 1170 g/mol. The van der Waals surface area contributed by atoms with Gasteiger partial charge in [-0.2, -0.15) is 0 Å². The molecule has 0 atom stereocenters. The van der Waals surface area contributed by atoms with Crippen molar-refractivity contribution in [1.82, 2.24) is 0 Å². The second kappa shape index (κ2) is 24.9. The molecule has 86 heavy (non-hydrogen) atoms. The largest absolute Gasteiger partial charge is 0.247 e. The number of hydrogen-bond acceptors (Lipinski definition) is 0. The molecule has 0 nitrogen and oxygen atoms in total. The van der Waals surface area contributed by atoms with Crippen LogP contribution in [0.25, 0.3) is 0 Å².